The van der Waals surface area contributed by atoms with Gasteiger partial charge < -0.3 is 0 Å². The van der Waals surface area contributed by atoms with Crippen LogP contribution in [0.15, 0.2) is 35.4 Å². The summed E-state index contributed by atoms with van der Waals surface area (Å²) in [5.41, 5.74) is 4.72. The van der Waals surface area contributed by atoms with Crippen LogP contribution in [0.5, 0.6) is 0 Å². The van der Waals surface area contributed by atoms with Crippen LogP contribution in [0.25, 0.3) is 0 Å². The second kappa shape index (κ2) is 6.96. The zero-order valence-electron chi connectivity index (χ0n) is 14.2. The fraction of sp³-hybridized carbons (Fsp3) is 0.444. The molecular weight excluding hydrogens is 286 g/mol. The Kier molecular flexibility index (Phi) is 4.76. The Balaban J connectivity index is 1.54. The largest absolute Gasteiger partial charge is 0.295 e. The van der Waals surface area contributed by atoms with E-state index in [-0.39, 0.29) is 0 Å². The van der Waals surface area contributed by atoms with E-state index in [2.05, 4.69) is 57.4 Å². The predicted molar refractivity (Wildman–Crippen MR) is 93.6 cm³/mol. The Morgan fingerprint density at radius 1 is 1.09 bits per heavy atom. The number of hydrogen-bond donors (Lipinski definition) is 0. The first-order chi connectivity index (χ1) is 11.1. The van der Waals surface area contributed by atoms with Gasteiger partial charge in [0.15, 0.2) is 0 Å². The number of aryl methyl sites for hydroxylation is 2. The maximum Gasteiger partial charge on any atom is 0.0684 e. The minimum absolute atomic E-state index is 0.974. The summed E-state index contributed by atoms with van der Waals surface area (Å²) in [6.07, 6.45) is 1.96. The lowest BCUT2D eigenvalue weighted by Gasteiger charge is -2.33. The molecule has 1 aromatic heterocycles. The Bertz CT molecular complexity index is 666. The van der Waals surface area contributed by atoms with Crippen LogP contribution in [-0.2, 0) is 13.6 Å². The van der Waals surface area contributed by atoms with Crippen LogP contribution in [-0.4, -0.2) is 52.1 Å². The van der Waals surface area contributed by atoms with Gasteiger partial charge in [-0.2, -0.15) is 10.2 Å². The second-order valence-electron chi connectivity index (χ2n) is 6.17. The van der Waals surface area contributed by atoms with E-state index in [0.29, 0.717) is 0 Å². The molecule has 122 valence electrons. The van der Waals surface area contributed by atoms with E-state index in [1.165, 1.54) is 5.56 Å². The molecule has 0 radical (unpaired) electrons. The summed E-state index contributed by atoms with van der Waals surface area (Å²) in [4.78, 5) is 2.49. The maximum atomic E-state index is 4.66. The number of nitrogens with zero attached hydrogens (tertiary/aromatic N) is 5. The van der Waals surface area contributed by atoms with E-state index in [0.717, 1.165) is 49.7 Å². The minimum Gasteiger partial charge on any atom is -0.295 e. The molecule has 1 saturated heterocycles. The zero-order valence-corrected chi connectivity index (χ0v) is 14.2. The third kappa shape index (κ3) is 3.79. The summed E-state index contributed by atoms with van der Waals surface area (Å²) in [6, 6.07) is 10.7. The molecule has 2 heterocycles. The summed E-state index contributed by atoms with van der Waals surface area (Å²) in [5.74, 6) is 0. The molecule has 3 rings (SSSR count). The average Bonchev–Trinajstić information content (AvgIpc) is 2.80. The molecule has 0 spiro atoms. The highest BCUT2D eigenvalue weighted by Crippen LogP contribution is 2.11. The highest BCUT2D eigenvalue weighted by molar-refractivity contribution is 5.82. The van der Waals surface area contributed by atoms with Crippen molar-refractivity contribution < 1.29 is 0 Å². The molecule has 1 fully saturated rings. The van der Waals surface area contributed by atoms with Crippen LogP contribution in [0, 0.1) is 13.8 Å². The fourth-order valence-electron chi connectivity index (χ4n) is 2.97. The average molecular weight is 311 g/mol. The molecule has 5 heteroatoms. The maximum absolute atomic E-state index is 4.66. The molecule has 1 aliphatic rings. The zero-order chi connectivity index (χ0) is 16.2. The van der Waals surface area contributed by atoms with Gasteiger partial charge in [-0.1, -0.05) is 30.3 Å². The molecule has 5 nitrogen and oxygen atoms in total. The van der Waals surface area contributed by atoms with Gasteiger partial charge in [-0.3, -0.25) is 14.6 Å². The lowest BCUT2D eigenvalue weighted by atomic mass is 10.2. The molecule has 1 aromatic carbocycles. The molecule has 0 bridgehead atoms. The summed E-state index contributed by atoms with van der Waals surface area (Å²) in [7, 11) is 1.97. The third-order valence-corrected chi connectivity index (χ3v) is 4.51. The van der Waals surface area contributed by atoms with Gasteiger partial charge in [0, 0.05) is 51.0 Å². The highest BCUT2D eigenvalue weighted by Gasteiger charge is 2.15. The van der Waals surface area contributed by atoms with E-state index in [1.54, 1.807) is 0 Å². The van der Waals surface area contributed by atoms with Gasteiger partial charge in [-0.15, -0.1) is 0 Å². The van der Waals surface area contributed by atoms with Gasteiger partial charge in [0.2, 0.25) is 0 Å². The SMILES string of the molecule is Cc1nn(C)c(C)c1/C=N/N1CCN(Cc2ccccc2)CC1. The van der Waals surface area contributed by atoms with E-state index in [1.807, 2.05) is 24.9 Å². The van der Waals surface area contributed by atoms with Crippen LogP contribution >= 0.6 is 0 Å². The number of piperazine rings is 1. The van der Waals surface area contributed by atoms with Crippen molar-refractivity contribution in [2.75, 3.05) is 26.2 Å². The van der Waals surface area contributed by atoms with Gasteiger partial charge in [0.05, 0.1) is 11.9 Å². The molecular formula is C18H25N5. The molecule has 0 amide bonds. The van der Waals surface area contributed by atoms with Crippen LogP contribution in [0.3, 0.4) is 0 Å². The molecule has 0 aliphatic carbocycles. The van der Waals surface area contributed by atoms with Crippen LogP contribution in [0.4, 0.5) is 0 Å². The summed E-state index contributed by atoms with van der Waals surface area (Å²) >= 11 is 0. The van der Waals surface area contributed by atoms with Crippen LogP contribution < -0.4 is 0 Å². The molecule has 23 heavy (non-hydrogen) atoms. The van der Waals surface area contributed by atoms with Crippen molar-refractivity contribution in [3.63, 3.8) is 0 Å². The Labute approximate surface area is 138 Å². The smallest absolute Gasteiger partial charge is 0.0684 e. The lowest BCUT2D eigenvalue weighted by molar-refractivity contribution is 0.131. The van der Waals surface area contributed by atoms with Crippen molar-refractivity contribution in [3.8, 4) is 0 Å². The number of aromatic nitrogens is 2. The molecule has 1 aliphatic heterocycles. The van der Waals surface area contributed by atoms with E-state index in [4.69, 9.17) is 0 Å². The number of benzene rings is 1. The van der Waals surface area contributed by atoms with Gasteiger partial charge in [0.1, 0.15) is 0 Å². The lowest BCUT2D eigenvalue weighted by Crippen LogP contribution is -2.43. The molecule has 0 N–H and O–H groups in total. The summed E-state index contributed by atoms with van der Waals surface area (Å²) in [5, 5.41) is 11.3. The first kappa shape index (κ1) is 15.7. The Hall–Kier alpha value is -2.14. The van der Waals surface area contributed by atoms with E-state index < -0.39 is 0 Å². The Morgan fingerprint density at radius 2 is 1.78 bits per heavy atom. The second-order valence-corrected chi connectivity index (χ2v) is 6.17. The normalized spacial score (nSPS) is 16.4. The van der Waals surface area contributed by atoms with Crippen LogP contribution in [0.1, 0.15) is 22.5 Å². The van der Waals surface area contributed by atoms with Crippen molar-refractivity contribution in [3.05, 3.63) is 52.8 Å². The summed E-state index contributed by atoms with van der Waals surface area (Å²) in [6.45, 7) is 9.20. The van der Waals surface area contributed by atoms with Gasteiger partial charge >= 0.3 is 0 Å². The van der Waals surface area contributed by atoms with Gasteiger partial charge in [-0.25, -0.2) is 0 Å². The van der Waals surface area contributed by atoms with Crippen molar-refractivity contribution in [1.82, 2.24) is 19.7 Å². The van der Waals surface area contributed by atoms with Crippen LogP contribution in [0.2, 0.25) is 0 Å². The molecule has 0 saturated carbocycles. The number of rotatable bonds is 4. The standard InChI is InChI=1S/C18H25N5/c1-15-18(16(2)21(3)20-15)13-19-23-11-9-22(10-12-23)14-17-7-5-4-6-8-17/h4-8,13H,9-12,14H2,1-3H3/b19-13+. The number of hydrogen-bond acceptors (Lipinski definition) is 4. The molecule has 0 unspecified atom stereocenters. The highest BCUT2D eigenvalue weighted by atomic mass is 15.5. The van der Waals surface area contributed by atoms with Gasteiger partial charge in [-0.05, 0) is 19.4 Å². The Morgan fingerprint density at radius 3 is 2.39 bits per heavy atom. The van der Waals surface area contributed by atoms with E-state index >= 15 is 0 Å². The molecule has 2 aromatic rings. The predicted octanol–water partition coefficient (Wildman–Crippen LogP) is 2.19. The van der Waals surface area contributed by atoms with Gasteiger partial charge in [0.25, 0.3) is 0 Å². The minimum atomic E-state index is 0.974. The van der Waals surface area contributed by atoms with Crippen molar-refractivity contribution in [1.29, 1.82) is 0 Å². The van der Waals surface area contributed by atoms with E-state index in [9.17, 15) is 0 Å². The first-order valence-electron chi connectivity index (χ1n) is 8.19. The fourth-order valence-corrected chi connectivity index (χ4v) is 2.97. The monoisotopic (exact) mass is 311 g/mol. The quantitative estimate of drug-likeness (QED) is 0.812. The third-order valence-electron chi connectivity index (χ3n) is 4.51. The number of hydrazone groups is 1. The van der Waals surface area contributed by atoms with Crippen molar-refractivity contribution in [2.24, 2.45) is 12.1 Å². The molecule has 0 atom stereocenters. The first-order valence-corrected chi connectivity index (χ1v) is 8.19. The van der Waals surface area contributed by atoms with Crippen molar-refractivity contribution in [2.45, 2.75) is 20.4 Å². The van der Waals surface area contributed by atoms with Crippen molar-refractivity contribution >= 4 is 6.21 Å². The summed E-state index contributed by atoms with van der Waals surface area (Å²) < 4.78 is 1.91. The topological polar surface area (TPSA) is 36.7 Å².